The van der Waals surface area contributed by atoms with Crippen LogP contribution in [0.15, 0.2) is 41.6 Å². The Kier molecular flexibility index (Phi) is 6.40. The van der Waals surface area contributed by atoms with Crippen LogP contribution in [0.2, 0.25) is 0 Å². The van der Waals surface area contributed by atoms with E-state index >= 15 is 0 Å². The van der Waals surface area contributed by atoms with Crippen LogP contribution in [0.5, 0.6) is 5.75 Å². The van der Waals surface area contributed by atoms with Gasteiger partial charge in [-0.25, -0.2) is 18.4 Å². The van der Waals surface area contributed by atoms with E-state index in [1.165, 1.54) is 10.6 Å². The summed E-state index contributed by atoms with van der Waals surface area (Å²) in [5.41, 5.74) is 0. The second-order valence-corrected chi connectivity index (χ2v) is 9.18. The summed E-state index contributed by atoms with van der Waals surface area (Å²) >= 11 is 0. The highest BCUT2D eigenvalue weighted by Gasteiger charge is 2.32. The first-order chi connectivity index (χ1) is 15.2. The molecule has 1 aromatic carbocycles. The van der Waals surface area contributed by atoms with Crippen LogP contribution >= 0.6 is 0 Å². The van der Waals surface area contributed by atoms with Crippen molar-refractivity contribution in [3.8, 4) is 5.75 Å². The Hall–Kier alpha value is -2.64. The Morgan fingerprint density at radius 2 is 1.44 bits per heavy atom. The van der Waals surface area contributed by atoms with Crippen LogP contribution in [-0.2, 0) is 14.8 Å². The summed E-state index contributed by atoms with van der Waals surface area (Å²) in [7, 11) is -3.84. The number of sulfonamides is 1. The topological polar surface area (TPSA) is 88.1 Å². The average molecular weight is 473 g/mol. The van der Waals surface area contributed by atoms with Crippen LogP contribution in [0.25, 0.3) is 0 Å². The van der Waals surface area contributed by atoms with E-state index in [4.69, 9.17) is 4.74 Å². The monoisotopic (exact) mass is 473 g/mol. The SMILES string of the molecule is O=S(=O)(c1ccc(OC(F)(F)F)cc1)N1CCN(c2cc(N3CCOCC3)ncn2)CC1. The maximum absolute atomic E-state index is 12.9. The van der Waals surface area contributed by atoms with Crippen molar-refractivity contribution < 1.29 is 31.1 Å². The molecule has 0 spiro atoms. The number of aromatic nitrogens is 2. The van der Waals surface area contributed by atoms with Gasteiger partial charge < -0.3 is 19.3 Å². The third-order valence-corrected chi connectivity index (χ3v) is 7.14. The molecule has 32 heavy (non-hydrogen) atoms. The molecule has 4 rings (SSSR count). The predicted octanol–water partition coefficient (Wildman–Crippen LogP) is 1.72. The fraction of sp³-hybridized carbons (Fsp3) is 0.474. The van der Waals surface area contributed by atoms with Crippen LogP contribution in [0.3, 0.4) is 0 Å². The molecule has 2 aliphatic heterocycles. The summed E-state index contributed by atoms with van der Waals surface area (Å²) in [5, 5.41) is 0. The Bertz CT molecular complexity index is 1020. The highest BCUT2D eigenvalue weighted by atomic mass is 32.2. The van der Waals surface area contributed by atoms with Gasteiger partial charge in [0.05, 0.1) is 18.1 Å². The van der Waals surface area contributed by atoms with E-state index in [1.807, 2.05) is 11.0 Å². The van der Waals surface area contributed by atoms with Crippen molar-refractivity contribution in [3.63, 3.8) is 0 Å². The molecule has 9 nitrogen and oxygen atoms in total. The molecule has 0 N–H and O–H groups in total. The van der Waals surface area contributed by atoms with Crippen molar-refractivity contribution in [1.29, 1.82) is 0 Å². The maximum Gasteiger partial charge on any atom is 0.573 e. The number of halogens is 3. The summed E-state index contributed by atoms with van der Waals surface area (Å²) in [5.74, 6) is 1.04. The van der Waals surface area contributed by atoms with Crippen LogP contribution < -0.4 is 14.5 Å². The van der Waals surface area contributed by atoms with Crippen molar-refractivity contribution in [3.05, 3.63) is 36.7 Å². The summed E-state index contributed by atoms with van der Waals surface area (Å²) in [6.45, 7) is 4.06. The quantitative estimate of drug-likeness (QED) is 0.649. The first-order valence-corrected chi connectivity index (χ1v) is 11.4. The van der Waals surface area contributed by atoms with Crippen molar-refractivity contribution in [2.24, 2.45) is 0 Å². The van der Waals surface area contributed by atoms with Crippen LogP contribution in [0.1, 0.15) is 0 Å². The van der Waals surface area contributed by atoms with Crippen LogP contribution in [0, 0.1) is 0 Å². The van der Waals surface area contributed by atoms with E-state index in [9.17, 15) is 21.6 Å². The van der Waals surface area contributed by atoms with Crippen LogP contribution in [-0.4, -0.2) is 81.5 Å². The minimum absolute atomic E-state index is 0.0860. The molecule has 1 aromatic heterocycles. The highest BCUT2D eigenvalue weighted by Crippen LogP contribution is 2.26. The molecule has 3 heterocycles. The lowest BCUT2D eigenvalue weighted by atomic mass is 10.3. The van der Waals surface area contributed by atoms with E-state index in [1.54, 1.807) is 0 Å². The first-order valence-electron chi connectivity index (χ1n) is 9.98. The molecule has 2 saturated heterocycles. The van der Waals surface area contributed by atoms with Crippen molar-refractivity contribution in [2.45, 2.75) is 11.3 Å². The molecular formula is C19H22F3N5O4S. The molecule has 0 amide bonds. The van der Waals surface area contributed by atoms with Gasteiger partial charge in [-0.1, -0.05) is 0 Å². The lowest BCUT2D eigenvalue weighted by Crippen LogP contribution is -2.49. The Balaban J connectivity index is 1.40. The number of nitrogens with zero attached hydrogens (tertiary/aromatic N) is 5. The number of anilines is 2. The molecule has 13 heteroatoms. The minimum atomic E-state index is -4.83. The summed E-state index contributed by atoms with van der Waals surface area (Å²) < 4.78 is 73.2. The Morgan fingerprint density at radius 1 is 0.875 bits per heavy atom. The third kappa shape index (κ3) is 5.22. The molecule has 0 saturated carbocycles. The number of piperazine rings is 1. The lowest BCUT2D eigenvalue weighted by Gasteiger charge is -2.35. The van der Waals surface area contributed by atoms with Gasteiger partial charge in [0.2, 0.25) is 10.0 Å². The molecule has 0 aliphatic carbocycles. The summed E-state index contributed by atoms with van der Waals surface area (Å²) in [6, 6.07) is 6.09. The molecule has 2 fully saturated rings. The van der Waals surface area contributed by atoms with E-state index in [-0.39, 0.29) is 18.0 Å². The smallest absolute Gasteiger partial charge is 0.406 e. The van der Waals surface area contributed by atoms with Crippen molar-refractivity contribution in [2.75, 3.05) is 62.3 Å². The number of morpholine rings is 1. The maximum atomic E-state index is 12.9. The standard InChI is InChI=1S/C19H22F3N5O4S/c20-19(21,22)31-15-1-3-16(4-2-15)32(28,29)27-7-5-25(6-8-27)17-13-18(24-14-23-17)26-9-11-30-12-10-26/h1-4,13-14H,5-12H2. The number of rotatable bonds is 5. The molecule has 2 aromatic rings. The van der Waals surface area contributed by atoms with Crippen LogP contribution in [0.4, 0.5) is 24.8 Å². The highest BCUT2D eigenvalue weighted by molar-refractivity contribution is 7.89. The zero-order chi connectivity index (χ0) is 22.8. The van der Waals surface area contributed by atoms with E-state index in [2.05, 4.69) is 19.6 Å². The number of ether oxygens (including phenoxy) is 2. The molecule has 0 unspecified atom stereocenters. The molecule has 174 valence electrons. The molecular weight excluding hydrogens is 451 g/mol. The predicted molar refractivity (Wildman–Crippen MR) is 109 cm³/mol. The molecule has 0 bridgehead atoms. The summed E-state index contributed by atoms with van der Waals surface area (Å²) in [4.78, 5) is 12.7. The second-order valence-electron chi connectivity index (χ2n) is 7.24. The van der Waals surface area contributed by atoms with Gasteiger partial charge in [0.25, 0.3) is 0 Å². The lowest BCUT2D eigenvalue weighted by molar-refractivity contribution is -0.274. The van der Waals surface area contributed by atoms with E-state index in [0.717, 1.165) is 43.2 Å². The van der Waals surface area contributed by atoms with Gasteiger partial charge in [-0.2, -0.15) is 4.31 Å². The summed E-state index contributed by atoms with van der Waals surface area (Å²) in [6.07, 6.45) is -3.34. The van der Waals surface area contributed by atoms with Crippen molar-refractivity contribution in [1.82, 2.24) is 14.3 Å². The minimum Gasteiger partial charge on any atom is -0.406 e. The Morgan fingerprint density at radius 3 is 2.00 bits per heavy atom. The number of hydrogen-bond donors (Lipinski definition) is 0. The fourth-order valence-corrected chi connectivity index (χ4v) is 5.02. The molecule has 2 aliphatic rings. The van der Waals surface area contributed by atoms with Crippen molar-refractivity contribution >= 4 is 21.7 Å². The first kappa shape index (κ1) is 22.6. The average Bonchev–Trinajstić information content (AvgIpc) is 2.79. The third-order valence-electron chi connectivity index (χ3n) is 5.23. The van der Waals surface area contributed by atoms with Gasteiger partial charge in [-0.3, -0.25) is 0 Å². The van der Waals surface area contributed by atoms with E-state index in [0.29, 0.717) is 32.1 Å². The van der Waals surface area contributed by atoms with Gasteiger partial charge in [0.1, 0.15) is 23.7 Å². The fourth-order valence-electron chi connectivity index (χ4n) is 3.60. The number of benzene rings is 1. The largest absolute Gasteiger partial charge is 0.573 e. The molecule has 0 radical (unpaired) electrons. The second kappa shape index (κ2) is 9.08. The zero-order valence-corrected chi connectivity index (χ0v) is 17.8. The molecule has 0 atom stereocenters. The number of alkyl halides is 3. The normalized spacial score (nSPS) is 18.6. The number of hydrogen-bond acceptors (Lipinski definition) is 8. The zero-order valence-electron chi connectivity index (χ0n) is 17.0. The van der Waals surface area contributed by atoms with Gasteiger partial charge in [-0.15, -0.1) is 13.2 Å². The van der Waals surface area contributed by atoms with Gasteiger partial charge in [0.15, 0.2) is 0 Å². The van der Waals surface area contributed by atoms with E-state index < -0.39 is 22.1 Å². The van der Waals surface area contributed by atoms with Gasteiger partial charge >= 0.3 is 6.36 Å². The van der Waals surface area contributed by atoms with Gasteiger partial charge in [-0.05, 0) is 24.3 Å². The Labute approximate surface area is 183 Å². The van der Waals surface area contributed by atoms with Gasteiger partial charge in [0, 0.05) is 45.3 Å².